The van der Waals surface area contributed by atoms with E-state index in [-0.39, 0.29) is 0 Å². The molecular formula is C5H10OS. The average Bonchev–Trinajstić information content (AvgIpc) is 1.91. The third kappa shape index (κ3) is 1.10. The number of hydrogen-bond donors (Lipinski definition) is 1. The molecule has 1 heterocycles. The summed E-state index contributed by atoms with van der Waals surface area (Å²) >= 11 is 4.26. The molecule has 2 atom stereocenters. The van der Waals surface area contributed by atoms with Gasteiger partial charge in [-0.15, -0.1) is 0 Å². The normalized spacial score (nSPS) is 42.0. The molecule has 1 rings (SSSR count). The van der Waals surface area contributed by atoms with E-state index in [0.29, 0.717) is 11.4 Å². The lowest BCUT2D eigenvalue weighted by Gasteiger charge is -2.03. The first-order valence-electron chi connectivity index (χ1n) is 2.60. The van der Waals surface area contributed by atoms with Crippen molar-refractivity contribution in [2.45, 2.75) is 24.7 Å². The molecule has 0 bridgehead atoms. The van der Waals surface area contributed by atoms with Crippen molar-refractivity contribution in [1.82, 2.24) is 0 Å². The molecule has 1 saturated heterocycles. The zero-order valence-corrected chi connectivity index (χ0v) is 5.32. The van der Waals surface area contributed by atoms with Gasteiger partial charge in [-0.2, -0.15) is 12.6 Å². The molecule has 0 spiro atoms. The Labute approximate surface area is 49.5 Å². The van der Waals surface area contributed by atoms with Gasteiger partial charge in [-0.3, -0.25) is 0 Å². The Hall–Kier alpha value is 0.310. The summed E-state index contributed by atoms with van der Waals surface area (Å²) in [6, 6.07) is 0. The van der Waals surface area contributed by atoms with Gasteiger partial charge < -0.3 is 4.74 Å². The van der Waals surface area contributed by atoms with Crippen LogP contribution in [-0.4, -0.2) is 18.0 Å². The van der Waals surface area contributed by atoms with E-state index in [2.05, 4.69) is 19.6 Å². The Bertz CT molecular complexity index is 57.1. The molecule has 1 aliphatic rings. The van der Waals surface area contributed by atoms with Crippen molar-refractivity contribution in [3.63, 3.8) is 0 Å². The molecule has 1 aliphatic heterocycles. The number of ether oxygens (including phenoxy) is 1. The first kappa shape index (κ1) is 5.45. The minimum Gasteiger partial charge on any atom is -0.377 e. The Kier molecular flexibility index (Phi) is 1.60. The molecule has 0 aromatic heterocycles. The predicted octanol–water partition coefficient (Wildman–Crippen LogP) is 1.09. The Morgan fingerprint density at radius 3 is 2.57 bits per heavy atom. The molecule has 0 radical (unpaired) electrons. The highest BCUT2D eigenvalue weighted by molar-refractivity contribution is 7.81. The zero-order chi connectivity index (χ0) is 5.28. The van der Waals surface area contributed by atoms with Crippen molar-refractivity contribution in [2.75, 3.05) is 6.61 Å². The molecule has 0 aromatic rings. The molecule has 0 aromatic carbocycles. The highest BCUT2D eigenvalue weighted by Crippen LogP contribution is 2.17. The van der Waals surface area contributed by atoms with E-state index < -0.39 is 0 Å². The number of rotatable bonds is 0. The van der Waals surface area contributed by atoms with Gasteiger partial charge in [0.1, 0.15) is 0 Å². The van der Waals surface area contributed by atoms with Crippen LogP contribution in [0.2, 0.25) is 0 Å². The summed E-state index contributed by atoms with van der Waals surface area (Å²) in [5, 5.41) is 0.486. The van der Waals surface area contributed by atoms with Crippen molar-refractivity contribution >= 4 is 12.6 Å². The lowest BCUT2D eigenvalue weighted by Crippen LogP contribution is -2.09. The molecule has 0 amide bonds. The van der Waals surface area contributed by atoms with Crippen molar-refractivity contribution in [3.05, 3.63) is 0 Å². The molecule has 7 heavy (non-hydrogen) atoms. The monoisotopic (exact) mass is 118 g/mol. The smallest absolute Gasteiger partial charge is 0.0663 e. The summed E-state index contributed by atoms with van der Waals surface area (Å²) in [5.74, 6) is 0. The molecule has 1 nitrogen and oxygen atoms in total. The lowest BCUT2D eigenvalue weighted by atomic mass is 10.3. The quantitative estimate of drug-likeness (QED) is 0.468. The second-order valence-corrected chi connectivity index (χ2v) is 2.60. The molecule has 1 fully saturated rings. The SMILES string of the molecule is C[C@H]1OCC[C@@H]1S. The second-order valence-electron chi connectivity index (χ2n) is 1.93. The summed E-state index contributed by atoms with van der Waals surface area (Å²) in [4.78, 5) is 0. The topological polar surface area (TPSA) is 9.23 Å². The molecule has 0 saturated carbocycles. The van der Waals surface area contributed by atoms with Crippen molar-refractivity contribution in [3.8, 4) is 0 Å². The van der Waals surface area contributed by atoms with Gasteiger partial charge in [-0.1, -0.05) is 0 Å². The maximum Gasteiger partial charge on any atom is 0.0663 e. The van der Waals surface area contributed by atoms with Crippen LogP contribution < -0.4 is 0 Å². The molecule has 0 unspecified atom stereocenters. The van der Waals surface area contributed by atoms with Crippen LogP contribution in [0.3, 0.4) is 0 Å². The van der Waals surface area contributed by atoms with Gasteiger partial charge in [0.25, 0.3) is 0 Å². The first-order valence-corrected chi connectivity index (χ1v) is 3.12. The predicted molar refractivity (Wildman–Crippen MR) is 32.8 cm³/mol. The van der Waals surface area contributed by atoms with Crippen LogP contribution in [0.4, 0.5) is 0 Å². The number of thiol groups is 1. The van der Waals surface area contributed by atoms with Crippen LogP contribution in [-0.2, 0) is 4.74 Å². The van der Waals surface area contributed by atoms with Crippen molar-refractivity contribution in [2.24, 2.45) is 0 Å². The maximum atomic E-state index is 5.19. The summed E-state index contributed by atoms with van der Waals surface area (Å²) in [5.41, 5.74) is 0. The maximum absolute atomic E-state index is 5.19. The van der Waals surface area contributed by atoms with Gasteiger partial charge in [0.05, 0.1) is 6.10 Å². The average molecular weight is 118 g/mol. The summed E-state index contributed by atoms with van der Waals surface area (Å²) in [6.45, 7) is 2.96. The third-order valence-electron chi connectivity index (χ3n) is 1.34. The van der Waals surface area contributed by atoms with Crippen LogP contribution in [0, 0.1) is 0 Å². The van der Waals surface area contributed by atoms with Crippen LogP contribution in [0.25, 0.3) is 0 Å². The minimum atomic E-state index is 0.378. The molecule has 2 heteroatoms. The van der Waals surface area contributed by atoms with E-state index >= 15 is 0 Å². The first-order chi connectivity index (χ1) is 3.30. The van der Waals surface area contributed by atoms with Crippen LogP contribution in [0.15, 0.2) is 0 Å². The summed E-state index contributed by atoms with van der Waals surface area (Å²) in [6.07, 6.45) is 1.49. The fourth-order valence-electron chi connectivity index (χ4n) is 0.720. The largest absolute Gasteiger partial charge is 0.377 e. The van der Waals surface area contributed by atoms with E-state index in [1.54, 1.807) is 0 Å². The van der Waals surface area contributed by atoms with Gasteiger partial charge in [-0.25, -0.2) is 0 Å². The van der Waals surface area contributed by atoms with Crippen molar-refractivity contribution < 1.29 is 4.74 Å². The van der Waals surface area contributed by atoms with E-state index in [9.17, 15) is 0 Å². The number of hydrogen-bond acceptors (Lipinski definition) is 2. The third-order valence-corrected chi connectivity index (χ3v) is 2.01. The Morgan fingerprint density at radius 2 is 2.43 bits per heavy atom. The van der Waals surface area contributed by atoms with Gasteiger partial charge in [-0.05, 0) is 13.3 Å². The summed E-state index contributed by atoms with van der Waals surface area (Å²) in [7, 11) is 0. The molecule has 0 aliphatic carbocycles. The van der Waals surface area contributed by atoms with Gasteiger partial charge in [0.2, 0.25) is 0 Å². The fourth-order valence-corrected chi connectivity index (χ4v) is 0.912. The summed E-state index contributed by atoms with van der Waals surface area (Å²) < 4.78 is 5.19. The minimum absolute atomic E-state index is 0.378. The van der Waals surface area contributed by atoms with Crippen LogP contribution in [0.5, 0.6) is 0 Å². The highest BCUT2D eigenvalue weighted by atomic mass is 32.1. The molecule has 42 valence electrons. The highest BCUT2D eigenvalue weighted by Gasteiger charge is 2.19. The fraction of sp³-hybridized carbons (Fsp3) is 1.00. The van der Waals surface area contributed by atoms with Crippen LogP contribution in [0.1, 0.15) is 13.3 Å². The molecule has 0 N–H and O–H groups in total. The van der Waals surface area contributed by atoms with Gasteiger partial charge in [0, 0.05) is 11.9 Å². The second kappa shape index (κ2) is 2.05. The van der Waals surface area contributed by atoms with Gasteiger partial charge in [0.15, 0.2) is 0 Å². The Balaban J connectivity index is 2.33. The van der Waals surface area contributed by atoms with E-state index in [1.807, 2.05) is 0 Å². The zero-order valence-electron chi connectivity index (χ0n) is 4.42. The molecular weight excluding hydrogens is 108 g/mol. The van der Waals surface area contributed by atoms with Crippen LogP contribution >= 0.6 is 12.6 Å². The van der Waals surface area contributed by atoms with E-state index in [4.69, 9.17) is 4.74 Å². The van der Waals surface area contributed by atoms with E-state index in [0.717, 1.165) is 13.0 Å². The van der Waals surface area contributed by atoms with E-state index in [1.165, 1.54) is 0 Å². The lowest BCUT2D eigenvalue weighted by molar-refractivity contribution is 0.127. The standard InChI is InChI=1S/C5H10OS/c1-4-5(7)2-3-6-4/h4-5,7H,2-3H2,1H3/t4-,5+/m1/s1. The Morgan fingerprint density at radius 1 is 1.71 bits per heavy atom. The van der Waals surface area contributed by atoms with Gasteiger partial charge >= 0.3 is 0 Å². The van der Waals surface area contributed by atoms with Crippen molar-refractivity contribution in [1.29, 1.82) is 0 Å².